The summed E-state index contributed by atoms with van der Waals surface area (Å²) in [6, 6.07) is 40.9. The van der Waals surface area contributed by atoms with Gasteiger partial charge in [-0.3, -0.25) is 19.4 Å². The third-order valence-electron chi connectivity index (χ3n) is 11.5. The summed E-state index contributed by atoms with van der Waals surface area (Å²) in [6.07, 6.45) is -2.86. The average Bonchev–Trinajstić information content (AvgIpc) is 3.53. The monoisotopic (exact) mass is 797 g/mol. The zero-order valence-corrected chi connectivity index (χ0v) is 33.5. The van der Waals surface area contributed by atoms with Gasteiger partial charge in [-0.25, -0.2) is 4.79 Å². The fourth-order valence-corrected chi connectivity index (χ4v) is 7.75. The van der Waals surface area contributed by atoms with E-state index in [1.165, 1.54) is 4.90 Å². The van der Waals surface area contributed by atoms with E-state index in [1.807, 2.05) is 147 Å². The molecule has 11 nitrogen and oxygen atoms in total. The molecule has 2 saturated heterocycles. The lowest BCUT2D eigenvalue weighted by Crippen LogP contribution is -2.46. The van der Waals surface area contributed by atoms with Crippen molar-refractivity contribution in [2.75, 3.05) is 13.6 Å². The normalized spacial score (nSPS) is 21.7. The molecule has 0 radical (unpaired) electrons. The van der Waals surface area contributed by atoms with Gasteiger partial charge >= 0.3 is 6.09 Å². The number of benzene rings is 5. The number of aliphatic hydroxyl groups excluding tert-OH is 2. The van der Waals surface area contributed by atoms with Crippen molar-refractivity contribution in [1.82, 2.24) is 15.1 Å². The Balaban J connectivity index is 1.05. The molecule has 1 unspecified atom stereocenters. The molecule has 5 aromatic rings. The first-order valence-corrected chi connectivity index (χ1v) is 20.0. The zero-order chi connectivity index (χ0) is 41.5. The molecule has 3 amide bonds. The Morgan fingerprint density at radius 3 is 2.19 bits per heavy atom. The summed E-state index contributed by atoms with van der Waals surface area (Å²) >= 11 is 0. The van der Waals surface area contributed by atoms with Crippen LogP contribution in [-0.4, -0.2) is 69.7 Å². The van der Waals surface area contributed by atoms with Crippen molar-refractivity contribution in [3.8, 4) is 11.1 Å². The molecular weight excluding hydrogens is 747 g/mol. The van der Waals surface area contributed by atoms with Crippen molar-refractivity contribution in [2.45, 2.75) is 76.7 Å². The van der Waals surface area contributed by atoms with Crippen LogP contribution in [-0.2, 0) is 43.6 Å². The first kappa shape index (κ1) is 41.5. The summed E-state index contributed by atoms with van der Waals surface area (Å²) in [7, 11) is 2.00. The van der Waals surface area contributed by atoms with Crippen LogP contribution in [0.2, 0.25) is 0 Å². The van der Waals surface area contributed by atoms with Crippen LogP contribution in [0.1, 0.15) is 72.1 Å². The molecule has 0 bridgehead atoms. The number of amides is 3. The van der Waals surface area contributed by atoms with Crippen LogP contribution >= 0.6 is 0 Å². The van der Waals surface area contributed by atoms with E-state index in [9.17, 15) is 24.6 Å². The largest absolute Gasteiger partial charge is 0.445 e. The number of nitrogens with one attached hydrogen (secondary N) is 1. The fourth-order valence-electron chi connectivity index (χ4n) is 7.75. The van der Waals surface area contributed by atoms with Gasteiger partial charge in [-0.2, -0.15) is 0 Å². The highest BCUT2D eigenvalue weighted by atomic mass is 16.7. The van der Waals surface area contributed by atoms with Gasteiger partial charge in [0.1, 0.15) is 12.6 Å². The molecule has 2 aliphatic heterocycles. The van der Waals surface area contributed by atoms with Gasteiger partial charge in [0.15, 0.2) is 6.29 Å². The summed E-state index contributed by atoms with van der Waals surface area (Å²) in [5, 5.41) is 23.5. The molecule has 0 aliphatic carbocycles. The van der Waals surface area contributed by atoms with E-state index in [0.29, 0.717) is 6.54 Å². The van der Waals surface area contributed by atoms with E-state index >= 15 is 0 Å². The van der Waals surface area contributed by atoms with Crippen molar-refractivity contribution in [2.24, 2.45) is 5.92 Å². The number of hydrogen-bond donors (Lipinski definition) is 3. The first-order valence-electron chi connectivity index (χ1n) is 20.0. The number of carbonyl (C=O) groups excluding carboxylic acids is 3. The maximum Gasteiger partial charge on any atom is 0.408 e. The zero-order valence-electron chi connectivity index (χ0n) is 33.5. The Morgan fingerprint density at radius 2 is 1.49 bits per heavy atom. The number of aliphatic hydroxyl groups is 2. The van der Waals surface area contributed by atoms with Crippen LogP contribution in [0.5, 0.6) is 0 Å². The molecule has 0 aromatic heterocycles. The standard InChI is InChI=1S/C48H51N3O8/c1-31-42(28-50(3)32(2)44(54)36-14-8-5-9-15-36)58-47(59-45(31)37-20-18-33(29-52)19-21-37)38-24-22-35(23-25-38)40-17-11-10-16-39(40)27-51-43(53)26-41(46(51)55)49-48(56)57-30-34-12-6-4-7-13-34/h4-25,31-32,41-42,44-45,47,52,54H,26-30H2,1-3H3,(H,49,56)/t31-,32-,41?,42+,44-,45+,47+/m0/s1. The van der Waals surface area contributed by atoms with Gasteiger partial charge in [0.05, 0.1) is 37.9 Å². The number of rotatable bonds is 14. The molecule has 306 valence electrons. The minimum absolute atomic E-state index is 0.0446. The lowest BCUT2D eigenvalue weighted by atomic mass is 9.89. The lowest BCUT2D eigenvalue weighted by molar-refractivity contribution is -0.276. The van der Waals surface area contributed by atoms with Crippen molar-refractivity contribution < 1.29 is 38.8 Å². The molecule has 5 aromatic carbocycles. The Bertz CT molecular complexity index is 2180. The molecule has 2 fully saturated rings. The number of nitrogens with zero attached hydrogens (tertiary/aromatic N) is 2. The molecule has 0 spiro atoms. The van der Waals surface area contributed by atoms with E-state index in [0.717, 1.165) is 44.5 Å². The van der Waals surface area contributed by atoms with Crippen molar-refractivity contribution >= 4 is 17.9 Å². The molecule has 7 rings (SSSR count). The van der Waals surface area contributed by atoms with Crippen molar-refractivity contribution in [3.05, 3.63) is 167 Å². The molecule has 3 N–H and O–H groups in total. The van der Waals surface area contributed by atoms with E-state index in [2.05, 4.69) is 17.1 Å². The van der Waals surface area contributed by atoms with Gasteiger partial charge < -0.3 is 29.7 Å². The topological polar surface area (TPSA) is 138 Å². The molecule has 11 heteroatoms. The fraction of sp³-hybridized carbons (Fsp3) is 0.312. The third kappa shape index (κ3) is 9.79. The predicted octanol–water partition coefficient (Wildman–Crippen LogP) is 7.25. The minimum Gasteiger partial charge on any atom is -0.445 e. The number of carbonyl (C=O) groups is 3. The molecular formula is C48H51N3O8. The quantitative estimate of drug-likeness (QED) is 0.0993. The SMILES string of the molecule is C[C@H]1[C@@H](CN(C)[C@@H](C)[C@H](O)c2ccccc2)O[C@@H](c2ccc(-c3ccccc3CN3C(=O)CC(NC(=O)OCc4ccccc4)C3=O)cc2)O[C@H]1c1ccc(CO)cc1. The predicted molar refractivity (Wildman–Crippen MR) is 222 cm³/mol. The van der Waals surface area contributed by atoms with E-state index in [1.54, 1.807) is 0 Å². The summed E-state index contributed by atoms with van der Waals surface area (Å²) in [4.78, 5) is 42.3. The maximum atomic E-state index is 13.4. The summed E-state index contributed by atoms with van der Waals surface area (Å²) in [5.41, 5.74) is 6.77. The molecule has 59 heavy (non-hydrogen) atoms. The van der Waals surface area contributed by atoms with Gasteiger partial charge in [0.2, 0.25) is 5.91 Å². The number of likely N-dealkylation sites (tertiary alicyclic amines) is 1. The Labute approximate surface area is 345 Å². The highest BCUT2D eigenvalue weighted by molar-refractivity contribution is 6.06. The van der Waals surface area contributed by atoms with Gasteiger partial charge in [0.25, 0.3) is 5.91 Å². The van der Waals surface area contributed by atoms with Crippen molar-refractivity contribution in [1.29, 1.82) is 0 Å². The molecule has 2 aliphatic rings. The lowest BCUT2D eigenvalue weighted by Gasteiger charge is -2.43. The summed E-state index contributed by atoms with van der Waals surface area (Å²) in [6.45, 7) is 4.71. The number of imide groups is 1. The van der Waals surface area contributed by atoms with E-state index < -0.39 is 30.4 Å². The highest BCUT2D eigenvalue weighted by Crippen LogP contribution is 2.42. The smallest absolute Gasteiger partial charge is 0.408 e. The molecule has 0 saturated carbocycles. The maximum absolute atomic E-state index is 13.4. The second kappa shape index (κ2) is 18.9. The Hall–Kier alpha value is -5.69. The van der Waals surface area contributed by atoms with Crippen LogP contribution in [0.15, 0.2) is 133 Å². The summed E-state index contributed by atoms with van der Waals surface area (Å²) in [5.74, 6) is -0.909. The minimum atomic E-state index is -1.01. The van der Waals surface area contributed by atoms with Crippen LogP contribution in [0, 0.1) is 5.92 Å². The van der Waals surface area contributed by atoms with Crippen molar-refractivity contribution in [3.63, 3.8) is 0 Å². The Kier molecular flexibility index (Phi) is 13.3. The number of ether oxygens (including phenoxy) is 3. The summed E-state index contributed by atoms with van der Waals surface area (Å²) < 4.78 is 18.7. The van der Waals surface area contributed by atoms with Gasteiger partial charge in [-0.1, -0.05) is 140 Å². The van der Waals surface area contributed by atoms with Crippen LogP contribution in [0.25, 0.3) is 11.1 Å². The second-order valence-electron chi connectivity index (χ2n) is 15.4. The van der Waals surface area contributed by atoms with Gasteiger partial charge in [-0.15, -0.1) is 0 Å². The van der Waals surface area contributed by atoms with Gasteiger partial charge in [0, 0.05) is 24.1 Å². The van der Waals surface area contributed by atoms with Crippen LogP contribution in [0.4, 0.5) is 4.79 Å². The average molecular weight is 798 g/mol. The van der Waals surface area contributed by atoms with E-state index in [4.69, 9.17) is 14.2 Å². The van der Waals surface area contributed by atoms with Crippen LogP contribution in [0.3, 0.4) is 0 Å². The first-order chi connectivity index (χ1) is 28.6. The third-order valence-corrected chi connectivity index (χ3v) is 11.5. The number of hydrogen-bond acceptors (Lipinski definition) is 9. The highest BCUT2D eigenvalue weighted by Gasteiger charge is 2.41. The van der Waals surface area contributed by atoms with Gasteiger partial charge in [-0.05, 0) is 52.9 Å². The molecule has 2 heterocycles. The number of likely N-dealkylation sites (N-methyl/N-ethyl adjacent to an activating group) is 1. The van der Waals surface area contributed by atoms with Crippen LogP contribution < -0.4 is 5.32 Å². The Morgan fingerprint density at radius 1 is 0.847 bits per heavy atom. The number of alkyl carbamates (subject to hydrolysis) is 1. The second-order valence-corrected chi connectivity index (χ2v) is 15.4. The van der Waals surface area contributed by atoms with E-state index in [-0.39, 0.29) is 56.3 Å². The molecule has 7 atom stereocenters.